The molecular formula is C12H14BrN3O. The van der Waals surface area contributed by atoms with E-state index < -0.39 is 0 Å². The summed E-state index contributed by atoms with van der Waals surface area (Å²) >= 11 is 3.40. The van der Waals surface area contributed by atoms with Crippen molar-refractivity contribution in [3.05, 3.63) is 41.1 Å². The Bertz CT molecular complexity index is 496. The second-order valence-electron chi connectivity index (χ2n) is 3.93. The normalized spacial score (nSPS) is 12.4. The summed E-state index contributed by atoms with van der Waals surface area (Å²) in [5.74, 6) is 1.49. The number of ether oxygens (including phenoxy) is 1. The first-order chi connectivity index (χ1) is 8.13. The van der Waals surface area contributed by atoms with Gasteiger partial charge in [-0.2, -0.15) is 5.10 Å². The molecule has 0 aliphatic carbocycles. The van der Waals surface area contributed by atoms with Gasteiger partial charge in [-0.25, -0.2) is 0 Å². The van der Waals surface area contributed by atoms with Crippen LogP contribution in [0.1, 0.15) is 6.92 Å². The van der Waals surface area contributed by atoms with E-state index in [1.165, 1.54) is 0 Å². The molecule has 2 rings (SSSR count). The first-order valence-electron chi connectivity index (χ1n) is 5.35. The highest BCUT2D eigenvalue weighted by molar-refractivity contribution is 9.10. The lowest BCUT2D eigenvalue weighted by molar-refractivity contribution is 0.478. The van der Waals surface area contributed by atoms with Gasteiger partial charge in [0.15, 0.2) is 5.75 Å². The van der Waals surface area contributed by atoms with Gasteiger partial charge in [0.2, 0.25) is 0 Å². The monoisotopic (exact) mass is 295 g/mol. The molecule has 0 radical (unpaired) electrons. The van der Waals surface area contributed by atoms with Crippen LogP contribution in [0.15, 0.2) is 41.1 Å². The summed E-state index contributed by atoms with van der Waals surface area (Å²) in [5.41, 5.74) is 5.70. The molecule has 17 heavy (non-hydrogen) atoms. The molecule has 0 fully saturated rings. The fourth-order valence-electron chi connectivity index (χ4n) is 1.46. The summed E-state index contributed by atoms with van der Waals surface area (Å²) < 4.78 is 8.43. The van der Waals surface area contributed by atoms with Gasteiger partial charge in [-0.15, -0.1) is 0 Å². The summed E-state index contributed by atoms with van der Waals surface area (Å²) in [7, 11) is 0. The molecule has 1 unspecified atom stereocenters. The Labute approximate surface area is 109 Å². The Hall–Kier alpha value is -1.33. The Morgan fingerprint density at radius 2 is 2.29 bits per heavy atom. The van der Waals surface area contributed by atoms with E-state index in [0.29, 0.717) is 12.3 Å². The molecule has 2 N–H and O–H groups in total. The lowest BCUT2D eigenvalue weighted by Crippen LogP contribution is -2.22. The maximum atomic E-state index is 5.70. The minimum absolute atomic E-state index is 0.0774. The van der Waals surface area contributed by atoms with Gasteiger partial charge < -0.3 is 10.5 Å². The lowest BCUT2D eigenvalue weighted by Gasteiger charge is -2.04. The van der Waals surface area contributed by atoms with Crippen molar-refractivity contribution in [3.63, 3.8) is 0 Å². The second kappa shape index (κ2) is 5.33. The van der Waals surface area contributed by atoms with Crippen LogP contribution in [0.5, 0.6) is 11.5 Å². The predicted octanol–water partition coefficient (Wildman–Crippen LogP) is 2.79. The molecule has 4 nitrogen and oxygen atoms in total. The molecule has 0 aliphatic heterocycles. The highest BCUT2D eigenvalue weighted by Crippen LogP contribution is 2.23. The largest absolute Gasteiger partial charge is 0.454 e. The molecule has 0 bridgehead atoms. The number of aromatic nitrogens is 2. The minimum Gasteiger partial charge on any atom is -0.454 e. The van der Waals surface area contributed by atoms with Crippen LogP contribution in [0, 0.1) is 0 Å². The van der Waals surface area contributed by atoms with E-state index in [0.717, 1.165) is 10.2 Å². The van der Waals surface area contributed by atoms with Gasteiger partial charge in [-0.1, -0.05) is 22.0 Å². The van der Waals surface area contributed by atoms with E-state index in [4.69, 9.17) is 10.5 Å². The van der Waals surface area contributed by atoms with Crippen LogP contribution in [0.3, 0.4) is 0 Å². The van der Waals surface area contributed by atoms with E-state index in [1.807, 2.05) is 37.4 Å². The van der Waals surface area contributed by atoms with Crippen molar-refractivity contribution in [1.82, 2.24) is 9.78 Å². The fraction of sp³-hybridized carbons (Fsp3) is 0.250. The van der Waals surface area contributed by atoms with Crippen molar-refractivity contribution in [1.29, 1.82) is 0 Å². The number of hydrogen-bond donors (Lipinski definition) is 1. The Morgan fingerprint density at radius 1 is 1.47 bits per heavy atom. The van der Waals surface area contributed by atoms with E-state index >= 15 is 0 Å². The average molecular weight is 296 g/mol. The third-order valence-corrected chi connectivity index (χ3v) is 2.61. The van der Waals surface area contributed by atoms with Crippen molar-refractivity contribution < 1.29 is 4.74 Å². The van der Waals surface area contributed by atoms with Gasteiger partial charge in [0.05, 0.1) is 18.9 Å². The quantitative estimate of drug-likeness (QED) is 0.944. The molecule has 0 spiro atoms. The molecule has 1 heterocycles. The van der Waals surface area contributed by atoms with Crippen LogP contribution in [0.25, 0.3) is 0 Å². The summed E-state index contributed by atoms with van der Waals surface area (Å²) in [6, 6.07) is 7.75. The number of halogens is 1. The number of rotatable bonds is 4. The van der Waals surface area contributed by atoms with Gasteiger partial charge in [-0.3, -0.25) is 4.68 Å². The standard InChI is InChI=1S/C12H14BrN3O/c1-9(14)7-16-8-12(6-15-16)17-11-4-2-3-10(13)5-11/h2-6,8-9H,7,14H2,1H3. The van der Waals surface area contributed by atoms with Gasteiger partial charge in [0.25, 0.3) is 0 Å². The molecular weight excluding hydrogens is 282 g/mol. The zero-order valence-corrected chi connectivity index (χ0v) is 11.1. The highest BCUT2D eigenvalue weighted by atomic mass is 79.9. The number of benzene rings is 1. The van der Waals surface area contributed by atoms with Gasteiger partial charge in [0, 0.05) is 10.5 Å². The molecule has 0 saturated heterocycles. The van der Waals surface area contributed by atoms with Crippen LogP contribution in [-0.2, 0) is 6.54 Å². The van der Waals surface area contributed by atoms with E-state index in [-0.39, 0.29) is 6.04 Å². The maximum absolute atomic E-state index is 5.70. The minimum atomic E-state index is 0.0774. The third-order valence-electron chi connectivity index (χ3n) is 2.12. The van der Waals surface area contributed by atoms with Crippen molar-refractivity contribution >= 4 is 15.9 Å². The molecule has 1 aromatic heterocycles. The van der Waals surface area contributed by atoms with Crippen molar-refractivity contribution in [2.75, 3.05) is 0 Å². The topological polar surface area (TPSA) is 53.1 Å². The molecule has 0 aliphatic rings. The molecule has 2 aromatic rings. The third kappa shape index (κ3) is 3.57. The second-order valence-corrected chi connectivity index (χ2v) is 4.85. The first kappa shape index (κ1) is 12.1. The van der Waals surface area contributed by atoms with Gasteiger partial charge in [-0.05, 0) is 25.1 Å². The fourth-order valence-corrected chi connectivity index (χ4v) is 1.84. The van der Waals surface area contributed by atoms with Crippen LogP contribution in [0.2, 0.25) is 0 Å². The Morgan fingerprint density at radius 3 is 3.00 bits per heavy atom. The van der Waals surface area contributed by atoms with Gasteiger partial charge in [0.1, 0.15) is 5.75 Å². The summed E-state index contributed by atoms with van der Waals surface area (Å²) in [4.78, 5) is 0. The van der Waals surface area contributed by atoms with Crippen LogP contribution in [0.4, 0.5) is 0 Å². The van der Waals surface area contributed by atoms with Crippen LogP contribution >= 0.6 is 15.9 Å². The number of hydrogen-bond acceptors (Lipinski definition) is 3. The number of nitrogens with two attached hydrogens (primary N) is 1. The lowest BCUT2D eigenvalue weighted by atomic mass is 10.3. The van der Waals surface area contributed by atoms with E-state index in [1.54, 1.807) is 10.9 Å². The van der Waals surface area contributed by atoms with Gasteiger partial charge >= 0.3 is 0 Å². The average Bonchev–Trinajstić information content (AvgIpc) is 2.64. The summed E-state index contributed by atoms with van der Waals surface area (Å²) in [5, 5.41) is 4.17. The van der Waals surface area contributed by atoms with E-state index in [9.17, 15) is 0 Å². The van der Waals surface area contributed by atoms with Crippen molar-refractivity contribution in [2.24, 2.45) is 5.73 Å². The SMILES string of the molecule is CC(N)Cn1cc(Oc2cccc(Br)c2)cn1. The Balaban J connectivity index is 2.06. The molecule has 0 amide bonds. The summed E-state index contributed by atoms with van der Waals surface area (Å²) in [6.07, 6.45) is 3.52. The van der Waals surface area contributed by atoms with Crippen molar-refractivity contribution in [3.8, 4) is 11.5 Å². The molecule has 0 saturated carbocycles. The smallest absolute Gasteiger partial charge is 0.165 e. The molecule has 90 valence electrons. The first-order valence-corrected chi connectivity index (χ1v) is 6.14. The molecule has 1 aromatic carbocycles. The highest BCUT2D eigenvalue weighted by Gasteiger charge is 2.03. The maximum Gasteiger partial charge on any atom is 0.165 e. The predicted molar refractivity (Wildman–Crippen MR) is 70.1 cm³/mol. The van der Waals surface area contributed by atoms with Crippen LogP contribution in [-0.4, -0.2) is 15.8 Å². The summed E-state index contributed by atoms with van der Waals surface area (Å²) in [6.45, 7) is 2.62. The van der Waals surface area contributed by atoms with Crippen LogP contribution < -0.4 is 10.5 Å². The van der Waals surface area contributed by atoms with E-state index in [2.05, 4.69) is 21.0 Å². The van der Waals surface area contributed by atoms with Crippen molar-refractivity contribution in [2.45, 2.75) is 19.5 Å². The Kier molecular flexibility index (Phi) is 3.81. The zero-order valence-electron chi connectivity index (χ0n) is 9.51. The zero-order chi connectivity index (χ0) is 12.3. The molecule has 1 atom stereocenters. The number of nitrogens with zero attached hydrogens (tertiary/aromatic N) is 2. The molecule has 5 heteroatoms.